The van der Waals surface area contributed by atoms with Crippen LogP contribution in [0.25, 0.3) is 16.3 Å². The molecule has 0 aliphatic heterocycles. The van der Waals surface area contributed by atoms with E-state index in [4.69, 9.17) is 6.42 Å². The van der Waals surface area contributed by atoms with Crippen molar-refractivity contribution in [2.24, 2.45) is 0 Å². The van der Waals surface area contributed by atoms with E-state index >= 15 is 0 Å². The lowest BCUT2D eigenvalue weighted by molar-refractivity contribution is 0.0959. The van der Waals surface area contributed by atoms with E-state index in [2.05, 4.69) is 16.3 Å². The molecule has 108 valence electrons. The lowest BCUT2D eigenvalue weighted by Gasteiger charge is -2.00. The minimum Gasteiger partial charge on any atom is -0.341 e. The number of carbonyl (C=O) groups excluding carboxylic acids is 1. The van der Waals surface area contributed by atoms with Crippen LogP contribution in [0, 0.1) is 12.3 Å². The Morgan fingerprint density at radius 2 is 2.09 bits per heavy atom. The molecule has 0 aliphatic rings. The summed E-state index contributed by atoms with van der Waals surface area (Å²) in [5, 5.41) is 9.22. The maximum Gasteiger partial charge on any atom is 0.255 e. The van der Waals surface area contributed by atoms with Gasteiger partial charge in [-0.15, -0.1) is 17.8 Å². The smallest absolute Gasteiger partial charge is 0.255 e. The zero-order chi connectivity index (χ0) is 15.4. The summed E-state index contributed by atoms with van der Waals surface area (Å²) in [6.07, 6.45) is 6.93. The topological polar surface area (TPSA) is 46.9 Å². The van der Waals surface area contributed by atoms with E-state index in [9.17, 15) is 4.79 Å². The molecule has 2 heterocycles. The molecule has 0 radical (unpaired) electrons. The van der Waals surface area contributed by atoms with Gasteiger partial charge in [-0.25, -0.2) is 4.68 Å². The van der Waals surface area contributed by atoms with Crippen LogP contribution in [-0.4, -0.2) is 22.2 Å². The molecule has 0 saturated heterocycles. The van der Waals surface area contributed by atoms with Crippen molar-refractivity contribution in [1.82, 2.24) is 15.1 Å². The number of nitrogens with one attached hydrogen (secondary N) is 1. The standard InChI is InChI=1S/C17H13N3OS/c1-2-10-18-17(21)14-12-20(13-7-4-3-5-8-13)19-16(14)15-9-6-11-22-15/h1,3-9,11-12H,10H2,(H,18,21). The number of thiophene rings is 1. The largest absolute Gasteiger partial charge is 0.341 e. The van der Waals surface area contributed by atoms with Crippen molar-refractivity contribution < 1.29 is 4.79 Å². The average molecular weight is 307 g/mol. The van der Waals surface area contributed by atoms with Crippen molar-refractivity contribution in [3.05, 3.63) is 59.6 Å². The Balaban J connectivity index is 2.05. The first-order valence-corrected chi connectivity index (χ1v) is 7.58. The fourth-order valence-electron chi connectivity index (χ4n) is 2.07. The van der Waals surface area contributed by atoms with Crippen LogP contribution in [0.3, 0.4) is 0 Å². The molecule has 0 bridgehead atoms. The molecular weight excluding hydrogens is 294 g/mol. The normalized spacial score (nSPS) is 10.1. The molecule has 22 heavy (non-hydrogen) atoms. The maximum atomic E-state index is 12.3. The first kappa shape index (κ1) is 14.1. The molecule has 0 aliphatic carbocycles. The summed E-state index contributed by atoms with van der Waals surface area (Å²) in [5.74, 6) is 2.19. The number of carbonyl (C=O) groups is 1. The highest BCUT2D eigenvalue weighted by Gasteiger charge is 2.18. The maximum absolute atomic E-state index is 12.3. The van der Waals surface area contributed by atoms with Crippen molar-refractivity contribution >= 4 is 17.2 Å². The van der Waals surface area contributed by atoms with Crippen molar-refractivity contribution in [2.45, 2.75) is 0 Å². The van der Waals surface area contributed by atoms with Crippen molar-refractivity contribution in [3.8, 4) is 28.6 Å². The van der Waals surface area contributed by atoms with E-state index in [1.54, 1.807) is 22.2 Å². The third-order valence-corrected chi connectivity index (χ3v) is 3.96. The molecule has 2 aromatic heterocycles. The van der Waals surface area contributed by atoms with E-state index in [1.807, 2.05) is 47.8 Å². The number of hydrogen-bond donors (Lipinski definition) is 1. The van der Waals surface area contributed by atoms with E-state index in [1.165, 1.54) is 0 Å². The van der Waals surface area contributed by atoms with Crippen LogP contribution >= 0.6 is 11.3 Å². The van der Waals surface area contributed by atoms with Crippen LogP contribution in [0.1, 0.15) is 10.4 Å². The van der Waals surface area contributed by atoms with Gasteiger partial charge in [0, 0.05) is 6.20 Å². The predicted octanol–water partition coefficient (Wildman–Crippen LogP) is 2.96. The number of amides is 1. The zero-order valence-corrected chi connectivity index (χ0v) is 12.5. The van der Waals surface area contributed by atoms with E-state index in [0.29, 0.717) is 11.3 Å². The SMILES string of the molecule is C#CCNC(=O)c1cn(-c2ccccc2)nc1-c1cccs1. The average Bonchev–Trinajstić information content (AvgIpc) is 3.22. The fraction of sp³-hybridized carbons (Fsp3) is 0.0588. The van der Waals surface area contributed by atoms with Crippen LogP contribution in [0.2, 0.25) is 0 Å². The van der Waals surface area contributed by atoms with Crippen LogP contribution < -0.4 is 5.32 Å². The summed E-state index contributed by atoms with van der Waals surface area (Å²) in [7, 11) is 0. The van der Waals surface area contributed by atoms with E-state index in [-0.39, 0.29) is 12.5 Å². The van der Waals surface area contributed by atoms with Gasteiger partial charge in [0.1, 0.15) is 5.69 Å². The monoisotopic (exact) mass is 307 g/mol. The second kappa shape index (κ2) is 6.29. The van der Waals surface area contributed by atoms with Gasteiger partial charge in [0.05, 0.1) is 22.7 Å². The molecule has 0 fully saturated rings. The van der Waals surface area contributed by atoms with Crippen molar-refractivity contribution in [3.63, 3.8) is 0 Å². The highest BCUT2D eigenvalue weighted by molar-refractivity contribution is 7.13. The Morgan fingerprint density at radius 1 is 1.27 bits per heavy atom. The summed E-state index contributed by atoms with van der Waals surface area (Å²) in [5.41, 5.74) is 2.08. The summed E-state index contributed by atoms with van der Waals surface area (Å²) < 4.78 is 1.71. The first-order chi connectivity index (χ1) is 10.8. The molecule has 3 rings (SSSR count). The molecular formula is C17H13N3OS. The van der Waals surface area contributed by atoms with E-state index < -0.39 is 0 Å². The second-order valence-electron chi connectivity index (χ2n) is 4.54. The van der Waals surface area contributed by atoms with E-state index in [0.717, 1.165) is 10.6 Å². The van der Waals surface area contributed by atoms with Crippen molar-refractivity contribution in [1.29, 1.82) is 0 Å². The Labute approximate surface area is 132 Å². The van der Waals surface area contributed by atoms with Gasteiger partial charge in [0.25, 0.3) is 5.91 Å². The zero-order valence-electron chi connectivity index (χ0n) is 11.7. The molecule has 1 N–H and O–H groups in total. The quantitative estimate of drug-likeness (QED) is 0.753. The minimum absolute atomic E-state index is 0.194. The Morgan fingerprint density at radius 3 is 2.77 bits per heavy atom. The van der Waals surface area contributed by atoms with Gasteiger partial charge in [-0.2, -0.15) is 5.10 Å². The molecule has 0 unspecified atom stereocenters. The number of hydrogen-bond acceptors (Lipinski definition) is 3. The van der Waals surface area contributed by atoms with Crippen LogP contribution in [0.5, 0.6) is 0 Å². The van der Waals surface area contributed by atoms with Gasteiger partial charge in [-0.1, -0.05) is 30.2 Å². The molecule has 0 spiro atoms. The number of aromatic nitrogens is 2. The number of rotatable bonds is 4. The van der Waals surface area contributed by atoms with Crippen LogP contribution in [-0.2, 0) is 0 Å². The molecule has 0 atom stereocenters. The molecule has 1 amide bonds. The highest BCUT2D eigenvalue weighted by Crippen LogP contribution is 2.27. The molecule has 4 nitrogen and oxygen atoms in total. The van der Waals surface area contributed by atoms with Crippen LogP contribution in [0.4, 0.5) is 0 Å². The van der Waals surface area contributed by atoms with Gasteiger partial charge >= 0.3 is 0 Å². The molecule has 0 saturated carbocycles. The van der Waals surface area contributed by atoms with Gasteiger partial charge in [0.2, 0.25) is 0 Å². The van der Waals surface area contributed by atoms with Crippen molar-refractivity contribution in [2.75, 3.05) is 6.54 Å². The number of nitrogens with zero attached hydrogens (tertiary/aromatic N) is 2. The lowest BCUT2D eigenvalue weighted by Crippen LogP contribution is -2.23. The van der Waals surface area contributed by atoms with Gasteiger partial charge in [0.15, 0.2) is 0 Å². The minimum atomic E-state index is -0.219. The molecule has 3 aromatic rings. The van der Waals surface area contributed by atoms with Gasteiger partial charge < -0.3 is 5.32 Å². The lowest BCUT2D eigenvalue weighted by atomic mass is 10.2. The van der Waals surface area contributed by atoms with Gasteiger partial charge in [-0.05, 0) is 23.6 Å². The highest BCUT2D eigenvalue weighted by atomic mass is 32.1. The summed E-state index contributed by atoms with van der Waals surface area (Å²) >= 11 is 1.54. The number of terminal acetylenes is 1. The number of para-hydroxylation sites is 1. The Hall–Kier alpha value is -2.84. The Kier molecular flexibility index (Phi) is 4.03. The summed E-state index contributed by atoms with van der Waals surface area (Å²) in [6, 6.07) is 13.6. The molecule has 1 aromatic carbocycles. The summed E-state index contributed by atoms with van der Waals surface area (Å²) in [6.45, 7) is 0.194. The fourth-order valence-corrected chi connectivity index (χ4v) is 2.80. The summed E-state index contributed by atoms with van der Waals surface area (Å²) in [4.78, 5) is 13.3. The molecule has 5 heteroatoms. The second-order valence-corrected chi connectivity index (χ2v) is 5.48. The van der Waals surface area contributed by atoms with Crippen LogP contribution in [0.15, 0.2) is 54.0 Å². The third kappa shape index (κ3) is 2.78. The number of benzene rings is 1. The van der Waals surface area contributed by atoms with Gasteiger partial charge in [-0.3, -0.25) is 4.79 Å². The Bertz CT molecular complexity index is 813. The third-order valence-electron chi connectivity index (χ3n) is 3.09. The predicted molar refractivity (Wildman–Crippen MR) is 88.0 cm³/mol. The first-order valence-electron chi connectivity index (χ1n) is 6.70.